The zero-order valence-corrected chi connectivity index (χ0v) is 16.9. The fourth-order valence-electron chi connectivity index (χ4n) is 2.90. The van der Waals surface area contributed by atoms with Gasteiger partial charge in [-0.15, -0.1) is 0 Å². The first-order valence-electron chi connectivity index (χ1n) is 9.43. The first-order valence-corrected chi connectivity index (χ1v) is 9.43. The highest BCUT2D eigenvalue weighted by Crippen LogP contribution is 2.27. The summed E-state index contributed by atoms with van der Waals surface area (Å²) >= 11 is 0. The molecular formula is C21H21NO10. The third-order valence-corrected chi connectivity index (χ3v) is 4.62. The summed E-state index contributed by atoms with van der Waals surface area (Å²) < 4.78 is 20.9. The molecule has 32 heavy (non-hydrogen) atoms. The van der Waals surface area contributed by atoms with Crippen LogP contribution in [0.3, 0.4) is 0 Å². The van der Waals surface area contributed by atoms with Gasteiger partial charge in [0.25, 0.3) is 5.69 Å². The Morgan fingerprint density at radius 1 is 1.19 bits per heavy atom. The number of carbonyl (C=O) groups is 1. The highest BCUT2D eigenvalue weighted by Gasteiger charge is 2.44. The van der Waals surface area contributed by atoms with Gasteiger partial charge in [0.15, 0.2) is 11.5 Å². The van der Waals surface area contributed by atoms with Crippen molar-refractivity contribution in [3.05, 3.63) is 64.2 Å². The normalized spacial score (nSPS) is 22.6. The number of phenols is 1. The third-order valence-electron chi connectivity index (χ3n) is 4.62. The van der Waals surface area contributed by atoms with Gasteiger partial charge >= 0.3 is 5.97 Å². The molecule has 0 saturated carbocycles. The lowest BCUT2D eigenvalue weighted by Crippen LogP contribution is -2.36. The molecule has 0 bridgehead atoms. The van der Waals surface area contributed by atoms with Crippen LogP contribution in [0.2, 0.25) is 0 Å². The summed E-state index contributed by atoms with van der Waals surface area (Å²) in [5.41, 5.74) is 0.453. The number of esters is 1. The molecule has 0 radical (unpaired) electrons. The van der Waals surface area contributed by atoms with Crippen molar-refractivity contribution < 1.29 is 44.0 Å². The molecule has 2 aromatic carbocycles. The van der Waals surface area contributed by atoms with Crippen molar-refractivity contribution in [3.63, 3.8) is 0 Å². The first kappa shape index (κ1) is 23.0. The minimum absolute atomic E-state index is 0.0383. The number of rotatable bonds is 8. The summed E-state index contributed by atoms with van der Waals surface area (Å²) in [4.78, 5) is 22.1. The molecule has 1 fully saturated rings. The van der Waals surface area contributed by atoms with Gasteiger partial charge in [-0.2, -0.15) is 0 Å². The van der Waals surface area contributed by atoms with Crippen molar-refractivity contribution in [3.8, 4) is 17.2 Å². The molecule has 0 spiro atoms. The van der Waals surface area contributed by atoms with E-state index in [2.05, 4.69) is 0 Å². The second kappa shape index (κ2) is 10.1. The number of phenolic OH excluding ortho intramolecular Hbond substituents is 1. The average Bonchev–Trinajstić information content (AvgIpc) is 3.05. The van der Waals surface area contributed by atoms with Gasteiger partial charge in [-0.3, -0.25) is 10.1 Å². The number of nitrogens with zero attached hydrogens (tertiary/aromatic N) is 1. The Kier molecular flexibility index (Phi) is 7.25. The predicted molar refractivity (Wildman–Crippen MR) is 109 cm³/mol. The Labute approximate surface area is 182 Å². The van der Waals surface area contributed by atoms with Crippen LogP contribution in [0, 0.1) is 10.1 Å². The Hall–Kier alpha value is -3.67. The fourth-order valence-corrected chi connectivity index (χ4v) is 2.90. The smallest absolute Gasteiger partial charge is 0.330 e. The maximum absolute atomic E-state index is 12.0. The number of aliphatic hydroxyl groups excluding tert-OH is 2. The molecule has 1 heterocycles. The fraction of sp³-hybridized carbons (Fsp3) is 0.286. The molecule has 3 rings (SSSR count). The van der Waals surface area contributed by atoms with Crippen molar-refractivity contribution in [1.29, 1.82) is 0 Å². The first-order chi connectivity index (χ1) is 15.3. The summed E-state index contributed by atoms with van der Waals surface area (Å²) in [6.45, 7) is -0.347. The van der Waals surface area contributed by atoms with E-state index in [9.17, 15) is 30.2 Å². The number of hydrogen-bond donors (Lipinski definition) is 3. The van der Waals surface area contributed by atoms with E-state index in [1.165, 1.54) is 49.6 Å². The maximum atomic E-state index is 12.0. The van der Waals surface area contributed by atoms with Gasteiger partial charge in [0, 0.05) is 18.2 Å². The molecule has 4 atom stereocenters. The van der Waals surface area contributed by atoms with Crippen LogP contribution < -0.4 is 9.47 Å². The van der Waals surface area contributed by atoms with Crippen LogP contribution in [0.5, 0.6) is 17.2 Å². The van der Waals surface area contributed by atoms with E-state index in [0.29, 0.717) is 5.56 Å². The molecule has 1 saturated heterocycles. The molecule has 1 aliphatic rings. The van der Waals surface area contributed by atoms with Crippen LogP contribution in [0.25, 0.3) is 6.08 Å². The van der Waals surface area contributed by atoms with Crippen LogP contribution in [0.1, 0.15) is 5.56 Å². The number of aliphatic hydroxyl groups is 2. The number of nitro groups is 1. The highest BCUT2D eigenvalue weighted by molar-refractivity contribution is 5.87. The summed E-state index contributed by atoms with van der Waals surface area (Å²) in [6.07, 6.45) is -2.50. The van der Waals surface area contributed by atoms with Crippen molar-refractivity contribution in [2.75, 3.05) is 13.7 Å². The van der Waals surface area contributed by atoms with E-state index in [-0.39, 0.29) is 29.5 Å². The average molecular weight is 447 g/mol. The largest absolute Gasteiger partial charge is 0.504 e. The van der Waals surface area contributed by atoms with Crippen LogP contribution in [-0.2, 0) is 14.3 Å². The summed E-state index contributed by atoms with van der Waals surface area (Å²) in [5.74, 6) is -0.321. The van der Waals surface area contributed by atoms with Crippen LogP contribution >= 0.6 is 0 Å². The van der Waals surface area contributed by atoms with Crippen molar-refractivity contribution in [2.45, 2.75) is 24.6 Å². The van der Waals surface area contributed by atoms with E-state index in [4.69, 9.17) is 18.9 Å². The lowest BCUT2D eigenvalue weighted by atomic mass is 10.1. The predicted octanol–water partition coefficient (Wildman–Crippen LogP) is 1.39. The number of benzene rings is 2. The number of aromatic hydroxyl groups is 1. The Bertz CT molecular complexity index is 991. The number of nitro benzene ring substituents is 1. The number of methoxy groups -OCH3 is 1. The number of ether oxygens (including phenoxy) is 4. The minimum Gasteiger partial charge on any atom is -0.504 e. The molecule has 11 heteroatoms. The number of carbonyl (C=O) groups excluding carboxylic acids is 1. The molecule has 0 aliphatic carbocycles. The quantitative estimate of drug-likeness (QED) is 0.234. The van der Waals surface area contributed by atoms with E-state index >= 15 is 0 Å². The number of non-ortho nitro benzene ring substituents is 1. The van der Waals surface area contributed by atoms with E-state index in [0.717, 1.165) is 6.08 Å². The van der Waals surface area contributed by atoms with Crippen molar-refractivity contribution >= 4 is 17.7 Å². The van der Waals surface area contributed by atoms with Gasteiger partial charge in [-0.25, -0.2) is 4.79 Å². The highest BCUT2D eigenvalue weighted by atomic mass is 16.7. The zero-order chi connectivity index (χ0) is 23.3. The van der Waals surface area contributed by atoms with Crippen molar-refractivity contribution in [1.82, 2.24) is 0 Å². The molecular weight excluding hydrogens is 426 g/mol. The minimum atomic E-state index is -1.42. The van der Waals surface area contributed by atoms with Gasteiger partial charge in [-0.05, 0) is 35.9 Å². The molecule has 2 aromatic rings. The van der Waals surface area contributed by atoms with Gasteiger partial charge in [-0.1, -0.05) is 6.07 Å². The summed E-state index contributed by atoms with van der Waals surface area (Å²) in [7, 11) is 1.40. The Balaban J connectivity index is 1.52. The van der Waals surface area contributed by atoms with Crippen molar-refractivity contribution in [2.24, 2.45) is 0 Å². The SMILES string of the molecule is COc1cc(C=CC(=O)OC[C@@H]2O[C@@H](Oc3ccc([N+](=O)[O-])cc3)[C@H](O)[C@H]2O)ccc1O. The molecule has 3 N–H and O–H groups in total. The molecule has 11 nitrogen and oxygen atoms in total. The lowest BCUT2D eigenvalue weighted by Gasteiger charge is -2.16. The second-order valence-electron chi connectivity index (χ2n) is 6.79. The third kappa shape index (κ3) is 5.52. The van der Waals surface area contributed by atoms with Gasteiger partial charge in [0.2, 0.25) is 6.29 Å². The summed E-state index contributed by atoms with van der Waals surface area (Å²) in [5, 5.41) is 40.5. The Morgan fingerprint density at radius 2 is 1.91 bits per heavy atom. The Morgan fingerprint density at radius 3 is 2.56 bits per heavy atom. The number of hydrogen-bond acceptors (Lipinski definition) is 10. The molecule has 0 aromatic heterocycles. The second-order valence-corrected chi connectivity index (χ2v) is 6.79. The molecule has 0 unspecified atom stereocenters. The molecule has 1 aliphatic heterocycles. The zero-order valence-electron chi connectivity index (χ0n) is 16.9. The van der Waals surface area contributed by atoms with Crippen LogP contribution in [-0.4, -0.2) is 64.5 Å². The standard InChI is InChI=1S/C21H21NO10/c1-29-16-10-12(2-8-15(16)23)3-9-18(24)30-11-17-19(25)20(26)21(32-17)31-14-6-4-13(5-7-14)22(27)28/h2-10,17,19-21,23,25-26H,11H2,1H3/t17-,19-,20+,21+/m0/s1. The van der Waals surface area contributed by atoms with Crippen LogP contribution in [0.15, 0.2) is 48.5 Å². The van der Waals surface area contributed by atoms with E-state index in [1.54, 1.807) is 6.07 Å². The van der Waals surface area contributed by atoms with E-state index in [1.807, 2.05) is 0 Å². The molecule has 0 amide bonds. The lowest BCUT2D eigenvalue weighted by molar-refractivity contribution is -0.384. The van der Waals surface area contributed by atoms with Gasteiger partial charge < -0.3 is 34.3 Å². The van der Waals surface area contributed by atoms with Crippen LogP contribution in [0.4, 0.5) is 5.69 Å². The molecule has 170 valence electrons. The topological polar surface area (TPSA) is 158 Å². The van der Waals surface area contributed by atoms with Gasteiger partial charge in [0.05, 0.1) is 12.0 Å². The van der Waals surface area contributed by atoms with E-state index < -0.39 is 35.5 Å². The monoisotopic (exact) mass is 447 g/mol. The van der Waals surface area contributed by atoms with Gasteiger partial charge in [0.1, 0.15) is 30.7 Å². The maximum Gasteiger partial charge on any atom is 0.330 e. The summed E-state index contributed by atoms with van der Waals surface area (Å²) in [6, 6.07) is 9.62.